The first-order chi connectivity index (χ1) is 24.2. The van der Waals surface area contributed by atoms with Crippen LogP contribution in [0, 0.1) is 0 Å². The fourth-order valence-electron chi connectivity index (χ4n) is 4.93. The second kappa shape index (κ2) is 35.3. The van der Waals surface area contributed by atoms with Crippen LogP contribution in [0.4, 0.5) is 0 Å². The van der Waals surface area contributed by atoms with Gasteiger partial charge in [-0.15, -0.1) is 0 Å². The quantitative estimate of drug-likeness (QED) is 0.0189. The average Bonchev–Trinajstić information content (AvgIpc) is 3.09. The predicted octanol–water partition coefficient (Wildman–Crippen LogP) is 9.35. The number of aliphatic hydroxyl groups is 1. The summed E-state index contributed by atoms with van der Waals surface area (Å²) in [7, 11) is -4.40. The third-order valence-electron chi connectivity index (χ3n) is 7.80. The molecular formula is C39H70NO9P. The minimum absolute atomic E-state index is 0.0362. The highest BCUT2D eigenvalue weighted by Crippen LogP contribution is 2.43. The Kier molecular flexibility index (Phi) is 33.9. The Labute approximate surface area is 303 Å². The molecule has 11 heteroatoms. The Morgan fingerprint density at radius 3 is 2.00 bits per heavy atom. The van der Waals surface area contributed by atoms with Crippen molar-refractivity contribution in [2.75, 3.05) is 26.4 Å². The number of allylic oxidation sites excluding steroid dienone is 7. The molecule has 0 fully saturated rings. The number of esters is 2. The molecule has 0 amide bonds. The molecule has 0 radical (unpaired) electrons. The van der Waals surface area contributed by atoms with Gasteiger partial charge in [-0.05, 0) is 57.8 Å². The van der Waals surface area contributed by atoms with Gasteiger partial charge in [-0.2, -0.15) is 0 Å². The number of carbonyl (C=O) groups is 2. The second-order valence-corrected chi connectivity index (χ2v) is 14.1. The summed E-state index contributed by atoms with van der Waals surface area (Å²) in [6.07, 6.45) is 34.5. The number of hydrogen-bond acceptors (Lipinski definition) is 9. The van der Waals surface area contributed by atoms with E-state index >= 15 is 0 Å². The number of phosphoric acid groups is 1. The normalized spacial score (nSPS) is 14.6. The number of aliphatic hydroxyl groups excluding tert-OH is 1. The molecule has 0 bridgehead atoms. The van der Waals surface area contributed by atoms with Crippen molar-refractivity contribution in [3.8, 4) is 0 Å². The van der Waals surface area contributed by atoms with Gasteiger partial charge in [0.15, 0.2) is 6.10 Å². The number of rotatable bonds is 35. The first kappa shape index (κ1) is 47.9. The molecule has 2 unspecified atom stereocenters. The standard InChI is InChI=1S/C39H70NO9P/c1-3-5-7-9-11-12-13-14-15-16-18-22-27-31-39(43)49-37(35-48-50(44,45)47-33-32-40)34-46-38(42)30-26-23-19-21-25-29-36(41)28-24-20-17-10-8-6-4-2/h6,8,12-13,17,20,24,28,36-37,41H,3-5,7,9-11,14-16,18-19,21-23,25-27,29-35,40H2,1-2H3,(H,44,45)/b8-6+,13-12-,20-17+,28-24+/t36?,37-/m1/s1. The maximum absolute atomic E-state index is 12.5. The Bertz CT molecular complexity index is 983. The van der Waals surface area contributed by atoms with Crippen LogP contribution in [0.1, 0.15) is 149 Å². The summed E-state index contributed by atoms with van der Waals surface area (Å²) in [4.78, 5) is 34.7. The largest absolute Gasteiger partial charge is 0.472 e. The highest BCUT2D eigenvalue weighted by Gasteiger charge is 2.26. The zero-order chi connectivity index (χ0) is 37.0. The molecule has 0 saturated carbocycles. The third kappa shape index (κ3) is 34.4. The van der Waals surface area contributed by atoms with Gasteiger partial charge in [-0.1, -0.05) is 127 Å². The Morgan fingerprint density at radius 1 is 0.720 bits per heavy atom. The molecule has 0 heterocycles. The van der Waals surface area contributed by atoms with Crippen LogP contribution in [0.15, 0.2) is 48.6 Å². The van der Waals surface area contributed by atoms with Crippen LogP contribution in [0.2, 0.25) is 0 Å². The van der Waals surface area contributed by atoms with Crippen LogP contribution in [0.5, 0.6) is 0 Å². The van der Waals surface area contributed by atoms with E-state index in [2.05, 4.69) is 38.2 Å². The lowest BCUT2D eigenvalue weighted by Gasteiger charge is -2.19. The van der Waals surface area contributed by atoms with Crippen molar-refractivity contribution in [3.63, 3.8) is 0 Å². The monoisotopic (exact) mass is 727 g/mol. The summed E-state index contributed by atoms with van der Waals surface area (Å²) in [5, 5.41) is 10.1. The molecule has 50 heavy (non-hydrogen) atoms. The van der Waals surface area contributed by atoms with Crippen molar-refractivity contribution in [2.45, 2.75) is 161 Å². The van der Waals surface area contributed by atoms with Crippen LogP contribution in [-0.2, 0) is 32.7 Å². The van der Waals surface area contributed by atoms with E-state index in [1.807, 2.05) is 18.2 Å². The van der Waals surface area contributed by atoms with Crippen LogP contribution in [0.3, 0.4) is 0 Å². The molecule has 0 rings (SSSR count). The van der Waals surface area contributed by atoms with Crippen LogP contribution in [-0.4, -0.2) is 60.5 Å². The van der Waals surface area contributed by atoms with Crippen molar-refractivity contribution < 1.29 is 42.7 Å². The van der Waals surface area contributed by atoms with Crippen molar-refractivity contribution in [3.05, 3.63) is 48.6 Å². The Morgan fingerprint density at radius 2 is 1.34 bits per heavy atom. The van der Waals surface area contributed by atoms with E-state index in [-0.39, 0.29) is 32.6 Å². The molecule has 10 nitrogen and oxygen atoms in total. The maximum Gasteiger partial charge on any atom is 0.472 e. The highest BCUT2D eigenvalue weighted by molar-refractivity contribution is 7.47. The van der Waals surface area contributed by atoms with E-state index in [0.717, 1.165) is 77.0 Å². The van der Waals surface area contributed by atoms with E-state index in [9.17, 15) is 24.2 Å². The van der Waals surface area contributed by atoms with E-state index in [1.165, 1.54) is 25.7 Å². The molecule has 4 N–H and O–H groups in total. The molecule has 0 aliphatic carbocycles. The van der Waals surface area contributed by atoms with Gasteiger partial charge in [0.25, 0.3) is 0 Å². The van der Waals surface area contributed by atoms with Gasteiger partial charge in [-0.3, -0.25) is 18.6 Å². The summed E-state index contributed by atoms with van der Waals surface area (Å²) in [5.74, 6) is -0.920. The number of nitrogens with two attached hydrogens (primary N) is 1. The number of carbonyl (C=O) groups excluding carboxylic acids is 2. The lowest BCUT2D eigenvalue weighted by atomic mass is 10.1. The molecule has 0 aromatic heterocycles. The predicted molar refractivity (Wildman–Crippen MR) is 202 cm³/mol. The molecule has 0 aromatic carbocycles. The van der Waals surface area contributed by atoms with Gasteiger partial charge in [-0.25, -0.2) is 4.57 Å². The first-order valence-corrected chi connectivity index (χ1v) is 20.7. The van der Waals surface area contributed by atoms with E-state index < -0.39 is 38.6 Å². The highest BCUT2D eigenvalue weighted by atomic mass is 31.2. The summed E-state index contributed by atoms with van der Waals surface area (Å²) in [6.45, 7) is 3.44. The third-order valence-corrected chi connectivity index (χ3v) is 8.79. The summed E-state index contributed by atoms with van der Waals surface area (Å²) < 4.78 is 32.6. The number of phosphoric ester groups is 1. The maximum atomic E-state index is 12.5. The fraction of sp³-hybridized carbons (Fsp3) is 0.744. The molecule has 0 spiro atoms. The molecule has 0 aromatic rings. The molecular weight excluding hydrogens is 657 g/mol. The molecule has 0 aliphatic heterocycles. The first-order valence-electron chi connectivity index (χ1n) is 19.2. The van der Waals surface area contributed by atoms with E-state index in [4.69, 9.17) is 24.3 Å². The van der Waals surface area contributed by atoms with Gasteiger partial charge >= 0.3 is 19.8 Å². The van der Waals surface area contributed by atoms with Gasteiger partial charge in [0, 0.05) is 19.4 Å². The number of unbranched alkanes of at least 4 members (excludes halogenated alkanes) is 13. The summed E-state index contributed by atoms with van der Waals surface area (Å²) >= 11 is 0. The zero-order valence-corrected chi connectivity index (χ0v) is 32.1. The van der Waals surface area contributed by atoms with Crippen molar-refractivity contribution in [1.29, 1.82) is 0 Å². The van der Waals surface area contributed by atoms with Crippen LogP contribution in [0.25, 0.3) is 0 Å². The van der Waals surface area contributed by atoms with Gasteiger partial charge in [0.05, 0.1) is 19.3 Å². The Balaban J connectivity index is 4.33. The van der Waals surface area contributed by atoms with E-state index in [0.29, 0.717) is 19.3 Å². The molecule has 0 saturated heterocycles. The minimum atomic E-state index is -4.40. The van der Waals surface area contributed by atoms with Crippen LogP contribution < -0.4 is 5.73 Å². The van der Waals surface area contributed by atoms with Gasteiger partial charge < -0.3 is 25.2 Å². The number of ether oxygens (including phenoxy) is 2. The molecule has 0 aliphatic rings. The lowest BCUT2D eigenvalue weighted by molar-refractivity contribution is -0.161. The van der Waals surface area contributed by atoms with Crippen molar-refractivity contribution in [2.24, 2.45) is 5.73 Å². The fourth-order valence-corrected chi connectivity index (χ4v) is 5.69. The topological polar surface area (TPSA) is 155 Å². The number of hydrogen-bond donors (Lipinski definition) is 3. The van der Waals surface area contributed by atoms with Gasteiger partial charge in [0.2, 0.25) is 0 Å². The smallest absolute Gasteiger partial charge is 0.462 e. The molecule has 3 atom stereocenters. The zero-order valence-electron chi connectivity index (χ0n) is 31.2. The van der Waals surface area contributed by atoms with Crippen LogP contribution >= 0.6 is 7.82 Å². The van der Waals surface area contributed by atoms with Gasteiger partial charge in [0.1, 0.15) is 6.61 Å². The minimum Gasteiger partial charge on any atom is -0.462 e. The lowest BCUT2D eigenvalue weighted by Crippen LogP contribution is -2.29. The summed E-state index contributed by atoms with van der Waals surface area (Å²) in [5.41, 5.74) is 5.32. The van der Waals surface area contributed by atoms with E-state index in [1.54, 1.807) is 6.08 Å². The summed E-state index contributed by atoms with van der Waals surface area (Å²) in [6, 6.07) is 0. The average molecular weight is 728 g/mol. The Hall–Kier alpha value is -2.07. The van der Waals surface area contributed by atoms with Crippen molar-refractivity contribution >= 4 is 19.8 Å². The van der Waals surface area contributed by atoms with Crippen molar-refractivity contribution in [1.82, 2.24) is 0 Å². The molecule has 290 valence electrons. The second-order valence-electron chi connectivity index (χ2n) is 12.6. The SMILES string of the molecule is CC/C=C/C/C=C/C=C/C(O)CCCCCCCC(=O)OC[C@H](COP(=O)(O)OCCN)OC(=O)CCCCCCC/C=C\CCCCCC.